The number of allylic oxidation sites excluding steroid dienone is 1. The fraction of sp³-hybridized carbons (Fsp3) is 0.438. The summed E-state index contributed by atoms with van der Waals surface area (Å²) in [6, 6.07) is 7.81. The monoisotopic (exact) mass is 275 g/mol. The molecule has 0 saturated heterocycles. The second kappa shape index (κ2) is 6.98. The Labute approximate surface area is 120 Å². The molecule has 0 fully saturated rings. The van der Waals surface area contributed by atoms with E-state index in [1.165, 1.54) is 0 Å². The van der Waals surface area contributed by atoms with E-state index in [4.69, 9.17) is 9.47 Å². The van der Waals surface area contributed by atoms with Crippen LogP contribution in [0.1, 0.15) is 25.3 Å². The highest BCUT2D eigenvalue weighted by Gasteiger charge is 2.17. The maximum absolute atomic E-state index is 12.2. The van der Waals surface area contributed by atoms with E-state index >= 15 is 0 Å². The van der Waals surface area contributed by atoms with Crippen LogP contribution in [0.5, 0.6) is 5.75 Å². The van der Waals surface area contributed by atoms with Crippen LogP contribution < -0.4 is 4.74 Å². The van der Waals surface area contributed by atoms with E-state index in [9.17, 15) is 4.79 Å². The molecule has 1 aromatic rings. The molecule has 1 amide bonds. The first-order valence-electron chi connectivity index (χ1n) is 6.98. The summed E-state index contributed by atoms with van der Waals surface area (Å²) in [6.45, 7) is 3.93. The lowest BCUT2D eigenvalue weighted by Crippen LogP contribution is -2.29. The standard InChI is InChI=1S/C16H21NO3/c1-3-20-15-5-4-10-17(16(18)11-15)12-13-6-8-14(19-2)9-7-13/h6-9,11H,3-5,10,12H2,1-2H3. The second-order valence-electron chi connectivity index (χ2n) is 4.76. The van der Waals surface area contributed by atoms with Gasteiger partial charge in [0.05, 0.1) is 13.7 Å². The number of hydrogen-bond donors (Lipinski definition) is 0. The van der Waals surface area contributed by atoms with E-state index in [2.05, 4.69) is 0 Å². The normalized spacial score (nSPS) is 15.6. The lowest BCUT2D eigenvalue weighted by molar-refractivity contribution is -0.126. The number of carbonyl (C=O) groups is 1. The fourth-order valence-corrected chi connectivity index (χ4v) is 2.26. The van der Waals surface area contributed by atoms with Gasteiger partial charge in [0.25, 0.3) is 0 Å². The van der Waals surface area contributed by atoms with Crippen LogP contribution in [0.2, 0.25) is 0 Å². The fourth-order valence-electron chi connectivity index (χ4n) is 2.26. The van der Waals surface area contributed by atoms with Crippen LogP contribution in [-0.4, -0.2) is 31.1 Å². The molecule has 1 heterocycles. The third-order valence-corrected chi connectivity index (χ3v) is 3.31. The van der Waals surface area contributed by atoms with Gasteiger partial charge in [0.1, 0.15) is 11.5 Å². The summed E-state index contributed by atoms with van der Waals surface area (Å²) >= 11 is 0. The zero-order valence-corrected chi connectivity index (χ0v) is 12.1. The Morgan fingerprint density at radius 1 is 1.25 bits per heavy atom. The molecule has 1 aromatic carbocycles. The van der Waals surface area contributed by atoms with Gasteiger partial charge in [0.15, 0.2) is 0 Å². The van der Waals surface area contributed by atoms with Crippen LogP contribution in [0.4, 0.5) is 0 Å². The van der Waals surface area contributed by atoms with Crippen LogP contribution >= 0.6 is 0 Å². The predicted octanol–water partition coefficient (Wildman–Crippen LogP) is 2.74. The largest absolute Gasteiger partial charge is 0.498 e. The summed E-state index contributed by atoms with van der Waals surface area (Å²) in [6.07, 6.45) is 3.40. The third-order valence-electron chi connectivity index (χ3n) is 3.31. The Bertz CT molecular complexity index is 479. The Balaban J connectivity index is 2.02. The number of benzene rings is 1. The Hall–Kier alpha value is -1.97. The van der Waals surface area contributed by atoms with Gasteiger partial charge in [-0.05, 0) is 31.0 Å². The molecular formula is C16H21NO3. The molecule has 0 atom stereocenters. The summed E-state index contributed by atoms with van der Waals surface area (Å²) in [7, 11) is 1.65. The van der Waals surface area contributed by atoms with E-state index in [1.54, 1.807) is 13.2 Å². The lowest BCUT2D eigenvalue weighted by atomic mass is 10.2. The molecule has 2 rings (SSSR count). The van der Waals surface area contributed by atoms with E-state index in [1.807, 2.05) is 36.1 Å². The molecule has 0 bridgehead atoms. The molecule has 1 aliphatic heterocycles. The highest BCUT2D eigenvalue weighted by atomic mass is 16.5. The maximum atomic E-state index is 12.2. The Morgan fingerprint density at radius 3 is 2.65 bits per heavy atom. The molecule has 4 nitrogen and oxygen atoms in total. The van der Waals surface area contributed by atoms with E-state index in [0.717, 1.165) is 36.5 Å². The zero-order chi connectivity index (χ0) is 14.4. The number of methoxy groups -OCH3 is 1. The average Bonchev–Trinajstić information content (AvgIpc) is 2.62. The van der Waals surface area contributed by atoms with Gasteiger partial charge in [0, 0.05) is 25.6 Å². The highest BCUT2D eigenvalue weighted by Crippen LogP contribution is 2.17. The summed E-state index contributed by atoms with van der Waals surface area (Å²) in [4.78, 5) is 14.0. The minimum Gasteiger partial charge on any atom is -0.498 e. The van der Waals surface area contributed by atoms with Crippen molar-refractivity contribution in [2.45, 2.75) is 26.3 Å². The van der Waals surface area contributed by atoms with Gasteiger partial charge in [0.2, 0.25) is 5.91 Å². The van der Waals surface area contributed by atoms with Crippen molar-refractivity contribution in [1.29, 1.82) is 0 Å². The number of hydrogen-bond acceptors (Lipinski definition) is 3. The van der Waals surface area contributed by atoms with Crippen molar-refractivity contribution >= 4 is 5.91 Å². The SMILES string of the molecule is CCOC1=CC(=O)N(Cc2ccc(OC)cc2)CCC1. The smallest absolute Gasteiger partial charge is 0.250 e. The Morgan fingerprint density at radius 2 is 2.00 bits per heavy atom. The minimum atomic E-state index is 0.0294. The summed E-state index contributed by atoms with van der Waals surface area (Å²) in [5, 5.41) is 0. The predicted molar refractivity (Wildman–Crippen MR) is 77.4 cm³/mol. The molecule has 4 heteroatoms. The molecule has 0 radical (unpaired) electrons. The topological polar surface area (TPSA) is 38.8 Å². The van der Waals surface area contributed by atoms with Crippen molar-refractivity contribution in [2.75, 3.05) is 20.3 Å². The first kappa shape index (κ1) is 14.4. The zero-order valence-electron chi connectivity index (χ0n) is 12.1. The van der Waals surface area contributed by atoms with Gasteiger partial charge in [-0.15, -0.1) is 0 Å². The van der Waals surface area contributed by atoms with Crippen molar-refractivity contribution in [2.24, 2.45) is 0 Å². The highest BCUT2D eigenvalue weighted by molar-refractivity contribution is 5.88. The summed E-state index contributed by atoms with van der Waals surface area (Å²) in [5.41, 5.74) is 1.10. The number of nitrogens with zero attached hydrogens (tertiary/aromatic N) is 1. The first-order chi connectivity index (χ1) is 9.72. The van der Waals surface area contributed by atoms with Gasteiger partial charge in [-0.2, -0.15) is 0 Å². The Kier molecular flexibility index (Phi) is 5.04. The van der Waals surface area contributed by atoms with Crippen molar-refractivity contribution in [1.82, 2.24) is 4.90 Å². The molecule has 0 spiro atoms. The van der Waals surface area contributed by atoms with Gasteiger partial charge >= 0.3 is 0 Å². The number of rotatable bonds is 5. The van der Waals surface area contributed by atoms with Gasteiger partial charge < -0.3 is 14.4 Å². The number of ether oxygens (including phenoxy) is 2. The minimum absolute atomic E-state index is 0.0294. The van der Waals surface area contributed by atoms with Gasteiger partial charge in [-0.25, -0.2) is 0 Å². The van der Waals surface area contributed by atoms with Crippen molar-refractivity contribution in [3.05, 3.63) is 41.7 Å². The second-order valence-corrected chi connectivity index (χ2v) is 4.76. The van der Waals surface area contributed by atoms with Crippen LogP contribution in [0.25, 0.3) is 0 Å². The first-order valence-corrected chi connectivity index (χ1v) is 6.98. The van der Waals surface area contributed by atoms with Crippen molar-refractivity contribution < 1.29 is 14.3 Å². The molecule has 108 valence electrons. The number of carbonyl (C=O) groups excluding carboxylic acids is 1. The molecule has 1 aliphatic rings. The quantitative estimate of drug-likeness (QED) is 0.829. The van der Waals surface area contributed by atoms with Crippen LogP contribution in [0.15, 0.2) is 36.1 Å². The number of amides is 1. The summed E-state index contributed by atoms with van der Waals surface area (Å²) < 4.78 is 10.6. The van der Waals surface area contributed by atoms with Crippen molar-refractivity contribution in [3.63, 3.8) is 0 Å². The molecule has 0 aliphatic carbocycles. The molecule has 0 saturated carbocycles. The lowest BCUT2D eigenvalue weighted by Gasteiger charge is -2.19. The van der Waals surface area contributed by atoms with E-state index in [0.29, 0.717) is 13.2 Å². The van der Waals surface area contributed by atoms with Crippen LogP contribution in [0, 0.1) is 0 Å². The van der Waals surface area contributed by atoms with Crippen LogP contribution in [-0.2, 0) is 16.1 Å². The van der Waals surface area contributed by atoms with E-state index in [-0.39, 0.29) is 5.91 Å². The average molecular weight is 275 g/mol. The molecule has 0 N–H and O–H groups in total. The van der Waals surface area contributed by atoms with Gasteiger partial charge in [-0.1, -0.05) is 12.1 Å². The van der Waals surface area contributed by atoms with E-state index < -0.39 is 0 Å². The third kappa shape index (κ3) is 3.76. The van der Waals surface area contributed by atoms with Gasteiger partial charge in [-0.3, -0.25) is 4.79 Å². The molecule has 20 heavy (non-hydrogen) atoms. The molecule has 0 aromatic heterocycles. The molecule has 0 unspecified atom stereocenters. The molecular weight excluding hydrogens is 254 g/mol. The maximum Gasteiger partial charge on any atom is 0.250 e. The summed E-state index contributed by atoms with van der Waals surface area (Å²) in [5.74, 6) is 1.66. The van der Waals surface area contributed by atoms with Crippen molar-refractivity contribution in [3.8, 4) is 5.75 Å². The van der Waals surface area contributed by atoms with Crippen LogP contribution in [0.3, 0.4) is 0 Å².